The SMILES string of the molecule is Cc1ccc(-c2nsc(Oc3cc(C)c(CCNCCF)cc3C)n2)cc1. The predicted octanol–water partition coefficient (Wildman–Crippen LogP) is 5.02. The normalized spacial score (nSPS) is 11.0. The number of benzene rings is 2. The van der Waals surface area contributed by atoms with Crippen molar-refractivity contribution >= 4 is 11.5 Å². The number of aromatic nitrogens is 2. The highest BCUT2D eigenvalue weighted by Gasteiger charge is 2.11. The van der Waals surface area contributed by atoms with Gasteiger partial charge in [-0.2, -0.15) is 9.36 Å². The Kier molecular flexibility index (Phi) is 6.53. The van der Waals surface area contributed by atoms with Crippen LogP contribution >= 0.6 is 11.5 Å². The van der Waals surface area contributed by atoms with E-state index in [0.29, 0.717) is 17.6 Å². The van der Waals surface area contributed by atoms with Gasteiger partial charge in [0.1, 0.15) is 12.4 Å². The molecule has 142 valence electrons. The van der Waals surface area contributed by atoms with Crippen LogP contribution in [0.2, 0.25) is 0 Å². The number of nitrogens with one attached hydrogen (secondary N) is 1. The van der Waals surface area contributed by atoms with E-state index in [9.17, 15) is 4.39 Å². The Labute approximate surface area is 163 Å². The fraction of sp³-hybridized carbons (Fsp3) is 0.333. The van der Waals surface area contributed by atoms with Gasteiger partial charge in [-0.15, -0.1) is 0 Å². The Balaban J connectivity index is 1.70. The molecule has 1 N–H and O–H groups in total. The molecule has 2 aromatic carbocycles. The summed E-state index contributed by atoms with van der Waals surface area (Å²) in [6.07, 6.45) is 0.864. The molecule has 0 amide bonds. The lowest BCUT2D eigenvalue weighted by Gasteiger charge is -2.12. The fourth-order valence-electron chi connectivity index (χ4n) is 2.81. The smallest absolute Gasteiger partial charge is 0.299 e. The molecule has 0 radical (unpaired) electrons. The maximum Gasteiger partial charge on any atom is 0.299 e. The fourth-order valence-corrected chi connectivity index (χ4v) is 3.37. The van der Waals surface area contributed by atoms with Gasteiger partial charge in [0.15, 0.2) is 5.82 Å². The van der Waals surface area contributed by atoms with Crippen LogP contribution in [0.15, 0.2) is 36.4 Å². The zero-order valence-electron chi connectivity index (χ0n) is 15.9. The lowest BCUT2D eigenvalue weighted by atomic mass is 10.0. The van der Waals surface area contributed by atoms with Gasteiger partial charge < -0.3 is 10.1 Å². The number of hydrogen-bond acceptors (Lipinski definition) is 5. The van der Waals surface area contributed by atoms with E-state index in [1.54, 1.807) is 0 Å². The molecule has 3 rings (SSSR count). The Hall–Kier alpha value is -2.31. The molecule has 1 heterocycles. The molecule has 1 aromatic heterocycles. The summed E-state index contributed by atoms with van der Waals surface area (Å²) < 4.78 is 22.6. The van der Waals surface area contributed by atoms with Gasteiger partial charge in [0.25, 0.3) is 5.19 Å². The molecule has 0 aliphatic rings. The second kappa shape index (κ2) is 9.06. The van der Waals surface area contributed by atoms with Crippen LogP contribution in [0.25, 0.3) is 11.4 Å². The molecule has 0 aliphatic heterocycles. The highest BCUT2D eigenvalue weighted by atomic mass is 32.1. The first-order valence-corrected chi connectivity index (χ1v) is 9.79. The van der Waals surface area contributed by atoms with Crippen molar-refractivity contribution in [1.82, 2.24) is 14.7 Å². The first-order valence-electron chi connectivity index (χ1n) is 9.02. The van der Waals surface area contributed by atoms with Gasteiger partial charge in [0.05, 0.1) is 0 Å². The van der Waals surface area contributed by atoms with Gasteiger partial charge >= 0.3 is 0 Å². The van der Waals surface area contributed by atoms with Crippen molar-refractivity contribution in [3.05, 3.63) is 58.7 Å². The Morgan fingerprint density at radius 3 is 2.56 bits per heavy atom. The maximum absolute atomic E-state index is 12.2. The van der Waals surface area contributed by atoms with E-state index in [1.165, 1.54) is 22.7 Å². The number of rotatable bonds is 8. The molecule has 27 heavy (non-hydrogen) atoms. The third kappa shape index (κ3) is 5.11. The van der Waals surface area contributed by atoms with E-state index in [2.05, 4.69) is 34.6 Å². The zero-order chi connectivity index (χ0) is 19.2. The summed E-state index contributed by atoms with van der Waals surface area (Å²) >= 11 is 1.25. The van der Waals surface area contributed by atoms with Crippen LogP contribution in [0, 0.1) is 20.8 Å². The molecule has 0 bridgehead atoms. The summed E-state index contributed by atoms with van der Waals surface area (Å²) in [5, 5.41) is 3.62. The van der Waals surface area contributed by atoms with Crippen molar-refractivity contribution in [1.29, 1.82) is 0 Å². The quantitative estimate of drug-likeness (QED) is 0.553. The minimum Gasteiger partial charge on any atom is -0.430 e. The van der Waals surface area contributed by atoms with Gasteiger partial charge in [-0.3, -0.25) is 0 Å². The highest BCUT2D eigenvalue weighted by molar-refractivity contribution is 7.07. The van der Waals surface area contributed by atoms with E-state index in [1.807, 2.05) is 37.3 Å². The average molecular weight is 386 g/mol. The van der Waals surface area contributed by atoms with Gasteiger partial charge in [0.2, 0.25) is 0 Å². The molecule has 0 fully saturated rings. The summed E-state index contributed by atoms with van der Waals surface area (Å²) in [5.41, 5.74) is 5.63. The molecule has 0 unspecified atom stereocenters. The van der Waals surface area contributed by atoms with Crippen molar-refractivity contribution in [2.75, 3.05) is 19.8 Å². The molecule has 0 aliphatic carbocycles. The van der Waals surface area contributed by atoms with Crippen molar-refractivity contribution in [3.8, 4) is 22.3 Å². The second-order valence-corrected chi connectivity index (χ2v) is 7.30. The highest BCUT2D eigenvalue weighted by Crippen LogP contribution is 2.31. The van der Waals surface area contributed by atoms with Crippen LogP contribution in [0.3, 0.4) is 0 Å². The third-order valence-electron chi connectivity index (χ3n) is 4.39. The van der Waals surface area contributed by atoms with Crippen molar-refractivity contribution in [2.24, 2.45) is 0 Å². The van der Waals surface area contributed by atoms with Gasteiger partial charge in [-0.25, -0.2) is 4.39 Å². The summed E-state index contributed by atoms with van der Waals surface area (Å²) in [7, 11) is 0. The number of ether oxygens (including phenoxy) is 1. The maximum atomic E-state index is 12.2. The number of hydrogen-bond donors (Lipinski definition) is 1. The molecule has 0 saturated carbocycles. The number of alkyl halides is 1. The van der Waals surface area contributed by atoms with E-state index in [-0.39, 0.29) is 6.67 Å². The lowest BCUT2D eigenvalue weighted by Crippen LogP contribution is -2.20. The van der Waals surface area contributed by atoms with Gasteiger partial charge in [-0.1, -0.05) is 35.9 Å². The van der Waals surface area contributed by atoms with E-state index in [4.69, 9.17) is 4.74 Å². The summed E-state index contributed by atoms with van der Waals surface area (Å²) in [6, 6.07) is 12.3. The first-order chi connectivity index (χ1) is 13.1. The first kappa shape index (κ1) is 19.5. The van der Waals surface area contributed by atoms with E-state index in [0.717, 1.165) is 35.4 Å². The second-order valence-electron chi connectivity index (χ2n) is 6.59. The Morgan fingerprint density at radius 2 is 1.81 bits per heavy atom. The van der Waals surface area contributed by atoms with Crippen molar-refractivity contribution in [3.63, 3.8) is 0 Å². The van der Waals surface area contributed by atoms with E-state index >= 15 is 0 Å². The van der Waals surface area contributed by atoms with Crippen LogP contribution in [-0.4, -0.2) is 29.1 Å². The van der Waals surface area contributed by atoms with Crippen molar-refractivity contribution in [2.45, 2.75) is 27.2 Å². The molecular weight excluding hydrogens is 361 g/mol. The minimum atomic E-state index is -0.336. The molecule has 3 aromatic rings. The lowest BCUT2D eigenvalue weighted by molar-refractivity contribution is 0.467. The molecule has 6 heteroatoms. The van der Waals surface area contributed by atoms with Crippen LogP contribution in [0.4, 0.5) is 4.39 Å². The van der Waals surface area contributed by atoms with Crippen LogP contribution < -0.4 is 10.1 Å². The summed E-state index contributed by atoms with van der Waals surface area (Å²) in [5.74, 6) is 1.47. The molecule has 4 nitrogen and oxygen atoms in total. The third-order valence-corrected chi connectivity index (χ3v) is 4.99. The summed E-state index contributed by atoms with van der Waals surface area (Å²) in [6.45, 7) is 6.97. The molecule has 0 spiro atoms. The van der Waals surface area contributed by atoms with Gasteiger partial charge in [0, 0.05) is 23.6 Å². The van der Waals surface area contributed by atoms with Crippen LogP contribution in [0.1, 0.15) is 22.3 Å². The van der Waals surface area contributed by atoms with Crippen molar-refractivity contribution < 1.29 is 9.13 Å². The number of nitrogens with zero attached hydrogens (tertiary/aromatic N) is 2. The number of aryl methyl sites for hydroxylation is 3. The predicted molar refractivity (Wildman–Crippen MR) is 109 cm³/mol. The van der Waals surface area contributed by atoms with Crippen LogP contribution in [0.5, 0.6) is 10.9 Å². The Bertz CT molecular complexity index is 893. The molecule has 0 atom stereocenters. The monoisotopic (exact) mass is 385 g/mol. The topological polar surface area (TPSA) is 47.0 Å². The molecule has 0 saturated heterocycles. The number of halogens is 1. The van der Waals surface area contributed by atoms with Gasteiger partial charge in [-0.05, 0) is 56.5 Å². The molecular formula is C21H24FN3OS. The minimum absolute atomic E-state index is 0.336. The largest absolute Gasteiger partial charge is 0.430 e. The average Bonchev–Trinajstić information content (AvgIpc) is 3.11. The van der Waals surface area contributed by atoms with E-state index < -0.39 is 0 Å². The zero-order valence-corrected chi connectivity index (χ0v) is 16.7. The Morgan fingerprint density at radius 1 is 1.04 bits per heavy atom. The van der Waals surface area contributed by atoms with Crippen LogP contribution in [-0.2, 0) is 6.42 Å². The standard InChI is InChI=1S/C21H24FN3OS/c1-14-4-6-17(7-5-14)20-24-21(27-25-20)26-19-13-15(2)18(12-16(19)3)8-10-23-11-9-22/h4-7,12-13,23H,8-11H2,1-3H3. The summed E-state index contributed by atoms with van der Waals surface area (Å²) in [4.78, 5) is 4.51.